The zero-order valence-corrected chi connectivity index (χ0v) is 13.3. The predicted molar refractivity (Wildman–Crippen MR) is 78.5 cm³/mol. The number of ether oxygens (including phenoxy) is 2. The summed E-state index contributed by atoms with van der Waals surface area (Å²) >= 11 is 0. The number of fused-ring (bicyclic) bond motifs is 1. The van der Waals surface area contributed by atoms with Crippen molar-refractivity contribution in [2.24, 2.45) is 0 Å². The SMILES string of the molecule is COc1cc(O)c2c(c1)C(=O)[C@@]13O[C@]1(C2=O)[C@H](O)[C@@H](O)[C@@](C)(O)[C@@H]3O. The molecule has 1 saturated carbocycles. The lowest BCUT2D eigenvalue weighted by Crippen LogP contribution is -2.73. The molecule has 2 aliphatic carbocycles. The van der Waals surface area contributed by atoms with E-state index >= 15 is 0 Å². The highest BCUT2D eigenvalue weighted by molar-refractivity contribution is 6.27. The number of hydrogen-bond donors (Lipinski definition) is 5. The van der Waals surface area contributed by atoms with E-state index in [0.29, 0.717) is 0 Å². The number of Topliss-reactive ketones (excluding diaryl/α,β-unsaturated/α-hetero) is 2. The van der Waals surface area contributed by atoms with E-state index in [-0.39, 0.29) is 16.9 Å². The van der Waals surface area contributed by atoms with Gasteiger partial charge in [-0.2, -0.15) is 0 Å². The Morgan fingerprint density at radius 3 is 2.32 bits per heavy atom. The summed E-state index contributed by atoms with van der Waals surface area (Å²) in [4.78, 5) is 26.0. The van der Waals surface area contributed by atoms with Crippen LogP contribution in [-0.2, 0) is 4.74 Å². The van der Waals surface area contributed by atoms with Gasteiger partial charge in [0, 0.05) is 11.6 Å². The van der Waals surface area contributed by atoms with Crippen LogP contribution in [0.15, 0.2) is 12.1 Å². The summed E-state index contributed by atoms with van der Waals surface area (Å²) in [6, 6.07) is 2.32. The summed E-state index contributed by atoms with van der Waals surface area (Å²) in [6.45, 7) is 1.03. The van der Waals surface area contributed by atoms with Crippen molar-refractivity contribution < 1.29 is 44.6 Å². The van der Waals surface area contributed by atoms with Crippen LogP contribution in [-0.4, -0.2) is 79.3 Å². The summed E-state index contributed by atoms with van der Waals surface area (Å²) in [6.07, 6.45) is -5.90. The van der Waals surface area contributed by atoms with Gasteiger partial charge in [0.15, 0.2) is 11.2 Å². The zero-order chi connectivity index (χ0) is 18.5. The van der Waals surface area contributed by atoms with Crippen molar-refractivity contribution in [2.75, 3.05) is 7.11 Å². The molecule has 9 heteroatoms. The minimum absolute atomic E-state index is 0.0968. The Kier molecular flexibility index (Phi) is 2.88. The number of methoxy groups -OCH3 is 1. The summed E-state index contributed by atoms with van der Waals surface area (Å²) in [7, 11) is 1.30. The molecule has 134 valence electrons. The maximum atomic E-state index is 13.0. The van der Waals surface area contributed by atoms with Gasteiger partial charge in [0.25, 0.3) is 0 Å². The molecule has 1 heterocycles. The Hall–Kier alpha value is -2.04. The molecule has 9 nitrogen and oxygen atoms in total. The topological polar surface area (TPSA) is 157 Å². The summed E-state index contributed by atoms with van der Waals surface area (Å²) < 4.78 is 10.3. The maximum absolute atomic E-state index is 13.0. The smallest absolute Gasteiger partial charge is 0.205 e. The number of rotatable bonds is 1. The number of aromatic hydroxyl groups is 1. The fraction of sp³-hybridized carbons (Fsp3) is 0.500. The van der Waals surface area contributed by atoms with Crippen molar-refractivity contribution in [2.45, 2.75) is 42.0 Å². The number of phenols is 1. The maximum Gasteiger partial charge on any atom is 0.205 e. The lowest BCUT2D eigenvalue weighted by atomic mass is 9.59. The van der Waals surface area contributed by atoms with Crippen LogP contribution in [0.2, 0.25) is 0 Å². The number of carbonyl (C=O) groups excluding carboxylic acids is 2. The second kappa shape index (κ2) is 4.37. The highest BCUT2D eigenvalue weighted by Crippen LogP contribution is 2.65. The van der Waals surface area contributed by atoms with E-state index in [4.69, 9.17) is 9.47 Å². The molecule has 5 N–H and O–H groups in total. The Labute approximate surface area is 141 Å². The molecule has 0 unspecified atom stereocenters. The molecule has 1 aromatic rings. The van der Waals surface area contributed by atoms with Crippen molar-refractivity contribution in [3.05, 3.63) is 23.3 Å². The standard InChI is InChI=1S/C16H16O9/c1-14(23)11(20)12(21)15-10(19)8-6(3-5(24-2)4-7(8)17)9(18)16(15,25-15)13(14)22/h3-4,11-13,17,20-23H,1-2H3/t11-,12-,13+,14-,15-,16+/m1/s1. The second-order valence-electron chi connectivity index (χ2n) is 6.82. The Bertz CT molecular complexity index is 831. The van der Waals surface area contributed by atoms with Crippen molar-refractivity contribution in [3.63, 3.8) is 0 Å². The normalized spacial score (nSPS) is 44.6. The quantitative estimate of drug-likeness (QED) is 0.365. The Morgan fingerprint density at radius 1 is 1.08 bits per heavy atom. The molecule has 4 rings (SSSR count). The summed E-state index contributed by atoms with van der Waals surface area (Å²) in [5, 5.41) is 51.5. The molecule has 6 atom stereocenters. The van der Waals surface area contributed by atoms with E-state index in [0.717, 1.165) is 13.0 Å². The highest BCUT2D eigenvalue weighted by atomic mass is 16.7. The van der Waals surface area contributed by atoms with E-state index < -0.39 is 52.4 Å². The van der Waals surface area contributed by atoms with Gasteiger partial charge in [0.2, 0.25) is 11.6 Å². The van der Waals surface area contributed by atoms with Gasteiger partial charge in [-0.15, -0.1) is 0 Å². The molecule has 1 aliphatic heterocycles. The third-order valence-corrected chi connectivity index (χ3v) is 5.56. The predicted octanol–water partition coefficient (Wildman–Crippen LogP) is -1.87. The molecular formula is C16H16O9. The monoisotopic (exact) mass is 352 g/mol. The number of aliphatic hydroxyl groups is 4. The van der Waals surface area contributed by atoms with Crippen LogP contribution in [0.3, 0.4) is 0 Å². The van der Waals surface area contributed by atoms with Gasteiger partial charge in [-0.25, -0.2) is 0 Å². The number of carbonyl (C=O) groups is 2. The van der Waals surface area contributed by atoms with Gasteiger partial charge in [-0.3, -0.25) is 9.59 Å². The van der Waals surface area contributed by atoms with Crippen molar-refractivity contribution >= 4 is 11.6 Å². The van der Waals surface area contributed by atoms with Crippen LogP contribution in [0.25, 0.3) is 0 Å². The number of phenolic OH excluding ortho intramolecular Hbond substituents is 1. The van der Waals surface area contributed by atoms with Gasteiger partial charge in [-0.1, -0.05) is 0 Å². The highest BCUT2D eigenvalue weighted by Gasteiger charge is 2.92. The minimum Gasteiger partial charge on any atom is -0.507 e. The first kappa shape index (κ1) is 16.4. The largest absolute Gasteiger partial charge is 0.507 e. The Morgan fingerprint density at radius 2 is 1.72 bits per heavy atom. The van der Waals surface area contributed by atoms with Crippen molar-refractivity contribution in [3.8, 4) is 11.5 Å². The zero-order valence-electron chi connectivity index (χ0n) is 13.3. The van der Waals surface area contributed by atoms with E-state index in [1.165, 1.54) is 13.2 Å². The lowest BCUT2D eigenvalue weighted by Gasteiger charge is -2.46. The van der Waals surface area contributed by atoms with Gasteiger partial charge in [0.05, 0.1) is 12.7 Å². The molecule has 25 heavy (non-hydrogen) atoms. The van der Waals surface area contributed by atoms with Crippen LogP contribution < -0.4 is 4.74 Å². The van der Waals surface area contributed by atoms with E-state index in [1.807, 2.05) is 0 Å². The van der Waals surface area contributed by atoms with Gasteiger partial charge in [-0.05, 0) is 13.0 Å². The average molecular weight is 352 g/mol. The first-order valence-corrected chi connectivity index (χ1v) is 7.54. The number of aliphatic hydroxyl groups excluding tert-OH is 3. The van der Waals surface area contributed by atoms with E-state index in [1.54, 1.807) is 0 Å². The number of hydrogen-bond acceptors (Lipinski definition) is 9. The van der Waals surface area contributed by atoms with Crippen LogP contribution in [0.5, 0.6) is 11.5 Å². The fourth-order valence-electron chi connectivity index (χ4n) is 4.09. The fourth-order valence-corrected chi connectivity index (χ4v) is 4.09. The molecule has 1 saturated heterocycles. The average Bonchev–Trinajstić information content (AvgIpc) is 3.29. The molecule has 2 fully saturated rings. The summed E-state index contributed by atoms with van der Waals surface area (Å²) in [5.41, 5.74) is -7.44. The summed E-state index contributed by atoms with van der Waals surface area (Å²) in [5.74, 6) is -2.31. The molecule has 0 spiro atoms. The van der Waals surface area contributed by atoms with E-state index in [2.05, 4.69) is 0 Å². The van der Waals surface area contributed by atoms with Crippen LogP contribution in [0.1, 0.15) is 27.6 Å². The molecule has 0 amide bonds. The second-order valence-corrected chi connectivity index (χ2v) is 6.82. The third kappa shape index (κ3) is 1.48. The van der Waals surface area contributed by atoms with Crippen molar-refractivity contribution in [1.29, 1.82) is 0 Å². The van der Waals surface area contributed by atoms with Crippen LogP contribution in [0, 0.1) is 0 Å². The molecule has 0 radical (unpaired) electrons. The molecule has 0 bridgehead atoms. The number of benzene rings is 1. The molecule has 3 aliphatic rings. The van der Waals surface area contributed by atoms with Gasteiger partial charge in [0.1, 0.15) is 35.4 Å². The first-order valence-electron chi connectivity index (χ1n) is 7.54. The third-order valence-electron chi connectivity index (χ3n) is 5.56. The molecular weight excluding hydrogens is 336 g/mol. The number of epoxide rings is 1. The van der Waals surface area contributed by atoms with Gasteiger partial charge < -0.3 is 35.0 Å². The molecule has 1 aromatic carbocycles. The first-order chi connectivity index (χ1) is 11.6. The Balaban J connectivity index is 2.00. The minimum atomic E-state index is -2.30. The lowest BCUT2D eigenvalue weighted by molar-refractivity contribution is -0.195. The van der Waals surface area contributed by atoms with E-state index in [9.17, 15) is 35.1 Å². The number of ketones is 2. The van der Waals surface area contributed by atoms with Gasteiger partial charge >= 0.3 is 0 Å². The van der Waals surface area contributed by atoms with Crippen LogP contribution >= 0.6 is 0 Å². The molecule has 0 aromatic heterocycles. The van der Waals surface area contributed by atoms with Crippen LogP contribution in [0.4, 0.5) is 0 Å². The van der Waals surface area contributed by atoms with Crippen molar-refractivity contribution in [1.82, 2.24) is 0 Å².